The summed E-state index contributed by atoms with van der Waals surface area (Å²) in [5.74, 6) is 1.60. The van der Waals surface area contributed by atoms with Crippen molar-refractivity contribution in [3.05, 3.63) is 76.0 Å². The fourth-order valence-electron chi connectivity index (χ4n) is 4.25. The monoisotopic (exact) mass is 567 g/mol. The Morgan fingerprint density at radius 1 is 0.925 bits per heavy atom. The predicted molar refractivity (Wildman–Crippen MR) is 161 cm³/mol. The molecule has 0 atom stereocenters. The van der Waals surface area contributed by atoms with Gasteiger partial charge in [0.2, 0.25) is 5.91 Å². The molecular formula is C31H41N3O5S. The van der Waals surface area contributed by atoms with Gasteiger partial charge in [0.1, 0.15) is 6.54 Å². The highest BCUT2D eigenvalue weighted by atomic mass is 32.1. The SMILES string of the molecule is COCCCN(CC(=O)N(CCc1ccc(OC)c(OC)c1)Cc1cccs1)C(=O)Nc1ccc(C(C)C)cc1. The summed E-state index contributed by atoms with van der Waals surface area (Å²) >= 11 is 1.61. The third-order valence-electron chi connectivity index (χ3n) is 6.62. The Hall–Kier alpha value is -3.56. The van der Waals surface area contributed by atoms with E-state index in [1.807, 2.05) is 64.9 Å². The first-order valence-electron chi connectivity index (χ1n) is 13.5. The maximum Gasteiger partial charge on any atom is 0.322 e. The minimum atomic E-state index is -0.308. The van der Waals surface area contributed by atoms with Crippen molar-refractivity contribution in [2.45, 2.75) is 39.2 Å². The van der Waals surface area contributed by atoms with Crippen molar-refractivity contribution < 1.29 is 23.8 Å². The van der Waals surface area contributed by atoms with Crippen LogP contribution >= 0.6 is 11.3 Å². The highest BCUT2D eigenvalue weighted by Gasteiger charge is 2.22. The number of carbonyl (C=O) groups excluding carboxylic acids is 2. The van der Waals surface area contributed by atoms with Crippen LogP contribution in [0, 0.1) is 0 Å². The van der Waals surface area contributed by atoms with E-state index in [1.165, 1.54) is 5.56 Å². The second kappa shape index (κ2) is 15.9. The van der Waals surface area contributed by atoms with Gasteiger partial charge in [-0.2, -0.15) is 0 Å². The molecule has 8 nitrogen and oxygen atoms in total. The summed E-state index contributed by atoms with van der Waals surface area (Å²) in [4.78, 5) is 31.4. The van der Waals surface area contributed by atoms with E-state index in [1.54, 1.807) is 37.6 Å². The maximum atomic E-state index is 13.7. The molecule has 0 fully saturated rings. The number of hydrogen-bond acceptors (Lipinski definition) is 6. The van der Waals surface area contributed by atoms with Crippen LogP contribution in [0.25, 0.3) is 0 Å². The number of ether oxygens (including phenoxy) is 3. The van der Waals surface area contributed by atoms with E-state index in [9.17, 15) is 9.59 Å². The summed E-state index contributed by atoms with van der Waals surface area (Å²) in [6.45, 7) is 6.10. The number of carbonyl (C=O) groups is 2. The molecule has 1 N–H and O–H groups in total. The van der Waals surface area contributed by atoms with E-state index < -0.39 is 0 Å². The van der Waals surface area contributed by atoms with Gasteiger partial charge in [0.15, 0.2) is 11.5 Å². The lowest BCUT2D eigenvalue weighted by Crippen LogP contribution is -2.45. The fraction of sp³-hybridized carbons (Fsp3) is 0.419. The second-order valence-electron chi connectivity index (χ2n) is 9.81. The average molecular weight is 568 g/mol. The molecule has 9 heteroatoms. The van der Waals surface area contributed by atoms with E-state index in [0.717, 1.165) is 10.4 Å². The Labute approximate surface area is 241 Å². The standard InChI is InChI=1S/C31H41N3O5S/c1-23(2)25-10-12-26(13-11-25)32-31(36)34(16-7-18-37-3)22-30(35)33(21-27-8-6-19-40-27)17-15-24-9-14-28(38-4)29(20-24)39-5/h6,8-14,19-20,23H,7,15-18,21-22H2,1-5H3,(H,32,36). The van der Waals surface area contributed by atoms with Crippen LogP contribution in [0.15, 0.2) is 60.0 Å². The van der Waals surface area contributed by atoms with Gasteiger partial charge in [0, 0.05) is 37.4 Å². The minimum Gasteiger partial charge on any atom is -0.493 e. The summed E-state index contributed by atoms with van der Waals surface area (Å²) in [5, 5.41) is 4.96. The van der Waals surface area contributed by atoms with Crippen molar-refractivity contribution >= 4 is 29.0 Å². The Bertz CT molecular complexity index is 1200. The minimum absolute atomic E-state index is 0.0308. The fourth-order valence-corrected chi connectivity index (χ4v) is 4.97. The van der Waals surface area contributed by atoms with Gasteiger partial charge in [-0.25, -0.2) is 4.79 Å². The molecule has 0 radical (unpaired) electrons. The number of urea groups is 1. The molecule has 2 aromatic carbocycles. The summed E-state index contributed by atoms with van der Waals surface area (Å²) in [6.07, 6.45) is 1.26. The number of thiophene rings is 1. The Morgan fingerprint density at radius 2 is 1.68 bits per heavy atom. The van der Waals surface area contributed by atoms with Crippen LogP contribution in [-0.2, 0) is 22.5 Å². The molecule has 0 aliphatic heterocycles. The third-order valence-corrected chi connectivity index (χ3v) is 7.48. The molecular weight excluding hydrogens is 526 g/mol. The van der Waals surface area contributed by atoms with Crippen molar-refractivity contribution in [1.29, 1.82) is 0 Å². The van der Waals surface area contributed by atoms with Crippen LogP contribution in [0.2, 0.25) is 0 Å². The molecule has 3 amide bonds. The average Bonchev–Trinajstić information content (AvgIpc) is 3.48. The number of anilines is 1. The van der Waals surface area contributed by atoms with Crippen molar-refractivity contribution in [3.63, 3.8) is 0 Å². The first kappa shape index (κ1) is 31.0. The van der Waals surface area contributed by atoms with Gasteiger partial charge in [-0.05, 0) is 65.6 Å². The van der Waals surface area contributed by atoms with E-state index in [2.05, 4.69) is 19.2 Å². The van der Waals surface area contributed by atoms with Gasteiger partial charge in [-0.15, -0.1) is 11.3 Å². The van der Waals surface area contributed by atoms with Crippen molar-refractivity contribution in [1.82, 2.24) is 9.80 Å². The molecule has 0 aliphatic rings. The van der Waals surface area contributed by atoms with Crippen molar-refractivity contribution in [3.8, 4) is 11.5 Å². The van der Waals surface area contributed by atoms with Crippen LogP contribution in [-0.4, -0.2) is 69.3 Å². The van der Waals surface area contributed by atoms with E-state index in [0.29, 0.717) is 62.2 Å². The second-order valence-corrected chi connectivity index (χ2v) is 10.8. The zero-order valence-electron chi connectivity index (χ0n) is 24.1. The molecule has 3 aromatic rings. The van der Waals surface area contributed by atoms with Crippen LogP contribution in [0.5, 0.6) is 11.5 Å². The first-order chi connectivity index (χ1) is 19.3. The van der Waals surface area contributed by atoms with Gasteiger partial charge in [0.25, 0.3) is 0 Å². The summed E-state index contributed by atoms with van der Waals surface area (Å²) in [5.41, 5.74) is 2.92. The summed E-state index contributed by atoms with van der Waals surface area (Å²) in [7, 11) is 4.84. The number of rotatable bonds is 15. The molecule has 0 unspecified atom stereocenters. The molecule has 0 aliphatic carbocycles. The van der Waals surface area contributed by atoms with Gasteiger partial charge in [-0.3, -0.25) is 4.79 Å². The van der Waals surface area contributed by atoms with Crippen LogP contribution < -0.4 is 14.8 Å². The van der Waals surface area contributed by atoms with Crippen molar-refractivity contribution in [2.24, 2.45) is 0 Å². The zero-order chi connectivity index (χ0) is 28.9. The lowest BCUT2D eigenvalue weighted by Gasteiger charge is -2.28. The van der Waals surface area contributed by atoms with Gasteiger partial charge in [-0.1, -0.05) is 38.1 Å². The number of amides is 3. The molecule has 40 heavy (non-hydrogen) atoms. The highest BCUT2D eigenvalue weighted by Crippen LogP contribution is 2.28. The van der Waals surface area contributed by atoms with Crippen molar-refractivity contribution in [2.75, 3.05) is 52.9 Å². The molecule has 1 aromatic heterocycles. The lowest BCUT2D eigenvalue weighted by atomic mass is 10.0. The lowest BCUT2D eigenvalue weighted by molar-refractivity contribution is -0.132. The van der Waals surface area contributed by atoms with Crippen LogP contribution in [0.1, 0.15) is 42.2 Å². The van der Waals surface area contributed by atoms with Gasteiger partial charge >= 0.3 is 6.03 Å². The molecule has 3 rings (SSSR count). The topological polar surface area (TPSA) is 80.3 Å². The number of nitrogens with one attached hydrogen (secondary N) is 1. The molecule has 0 bridgehead atoms. The Morgan fingerprint density at radius 3 is 2.30 bits per heavy atom. The molecule has 1 heterocycles. The smallest absolute Gasteiger partial charge is 0.322 e. The van der Waals surface area contributed by atoms with E-state index in [4.69, 9.17) is 14.2 Å². The quantitative estimate of drug-likeness (QED) is 0.227. The van der Waals surface area contributed by atoms with Crippen LogP contribution in [0.4, 0.5) is 10.5 Å². The number of methoxy groups -OCH3 is 3. The zero-order valence-corrected chi connectivity index (χ0v) is 25.0. The largest absolute Gasteiger partial charge is 0.493 e. The van der Waals surface area contributed by atoms with Gasteiger partial charge < -0.3 is 29.3 Å². The maximum absolute atomic E-state index is 13.7. The number of benzene rings is 2. The van der Waals surface area contributed by atoms with E-state index in [-0.39, 0.29) is 18.5 Å². The summed E-state index contributed by atoms with van der Waals surface area (Å²) < 4.78 is 16.0. The highest BCUT2D eigenvalue weighted by molar-refractivity contribution is 7.09. The third kappa shape index (κ3) is 9.27. The molecule has 0 saturated heterocycles. The molecule has 0 spiro atoms. The Kier molecular flexibility index (Phi) is 12.3. The number of hydrogen-bond donors (Lipinski definition) is 1. The number of nitrogens with zero attached hydrogens (tertiary/aromatic N) is 2. The normalized spacial score (nSPS) is 10.8. The first-order valence-corrected chi connectivity index (χ1v) is 14.4. The molecule has 216 valence electrons. The predicted octanol–water partition coefficient (Wildman–Crippen LogP) is 6.03. The van der Waals surface area contributed by atoms with Crippen LogP contribution in [0.3, 0.4) is 0 Å². The van der Waals surface area contributed by atoms with Gasteiger partial charge in [0.05, 0.1) is 20.8 Å². The summed E-state index contributed by atoms with van der Waals surface area (Å²) in [6, 6.07) is 17.3. The molecule has 0 saturated carbocycles. The van der Waals surface area contributed by atoms with E-state index >= 15 is 0 Å². The Balaban J connectivity index is 1.73.